The Morgan fingerprint density at radius 1 is 1.00 bits per heavy atom. The van der Waals surface area contributed by atoms with Crippen molar-refractivity contribution < 1.29 is 13.3 Å². The van der Waals surface area contributed by atoms with Crippen molar-refractivity contribution in [1.29, 1.82) is 0 Å². The lowest BCUT2D eigenvalue weighted by Crippen LogP contribution is -2.43. The van der Waals surface area contributed by atoms with Crippen molar-refractivity contribution in [2.45, 2.75) is 50.3 Å². The Kier molecular flexibility index (Phi) is 9.74. The fourth-order valence-corrected chi connectivity index (χ4v) is 4.04. The molecule has 0 aliphatic heterocycles. The van der Waals surface area contributed by atoms with Crippen LogP contribution in [0.4, 0.5) is 0 Å². The zero-order valence-corrected chi connectivity index (χ0v) is 12.9. The molecule has 0 N–H and O–H groups in total. The summed E-state index contributed by atoms with van der Waals surface area (Å²) in [6, 6.07) is 0.844. The summed E-state index contributed by atoms with van der Waals surface area (Å²) in [5.41, 5.74) is 0. The third kappa shape index (κ3) is 6.25. The van der Waals surface area contributed by atoms with Gasteiger partial charge in [-0.1, -0.05) is 26.2 Å². The number of rotatable bonds is 10. The molecular formula is C11H26O3SSi. The predicted octanol–water partition coefficient (Wildman–Crippen LogP) is 3.13. The van der Waals surface area contributed by atoms with Crippen LogP contribution in [0.25, 0.3) is 0 Å². The van der Waals surface area contributed by atoms with Gasteiger partial charge in [-0.25, -0.2) is 0 Å². The fourth-order valence-electron chi connectivity index (χ4n) is 1.67. The van der Waals surface area contributed by atoms with Crippen LogP contribution in [0.3, 0.4) is 0 Å². The van der Waals surface area contributed by atoms with E-state index in [-0.39, 0.29) is 0 Å². The lowest BCUT2D eigenvalue weighted by molar-refractivity contribution is 0.123. The van der Waals surface area contributed by atoms with Gasteiger partial charge in [-0.3, -0.25) is 0 Å². The van der Waals surface area contributed by atoms with Gasteiger partial charge >= 0.3 is 8.80 Å². The van der Waals surface area contributed by atoms with E-state index in [0.29, 0.717) is 5.25 Å². The van der Waals surface area contributed by atoms with Crippen molar-refractivity contribution in [3.63, 3.8) is 0 Å². The quantitative estimate of drug-likeness (QED) is 0.374. The highest BCUT2D eigenvalue weighted by Crippen LogP contribution is 2.21. The number of unbranched alkanes of at least 4 members (excludes halogenated alkanes) is 2. The van der Waals surface area contributed by atoms with Crippen LogP contribution >= 0.6 is 12.6 Å². The van der Waals surface area contributed by atoms with E-state index >= 15 is 0 Å². The van der Waals surface area contributed by atoms with E-state index < -0.39 is 8.80 Å². The Balaban J connectivity index is 3.82. The number of hydrogen-bond acceptors (Lipinski definition) is 4. The average molecular weight is 266 g/mol. The summed E-state index contributed by atoms with van der Waals surface area (Å²) >= 11 is 4.59. The SMILES string of the molecule is CCCCCC(S)CC[Si](OC)(OC)OC. The third-order valence-electron chi connectivity index (χ3n) is 2.86. The average Bonchev–Trinajstić information content (AvgIpc) is 2.32. The maximum Gasteiger partial charge on any atom is 0.500 e. The molecule has 0 radical (unpaired) electrons. The molecule has 0 spiro atoms. The van der Waals surface area contributed by atoms with Gasteiger partial charge in [0.1, 0.15) is 0 Å². The van der Waals surface area contributed by atoms with Crippen LogP contribution in [0.5, 0.6) is 0 Å². The predicted molar refractivity (Wildman–Crippen MR) is 73.1 cm³/mol. The van der Waals surface area contributed by atoms with Crippen molar-refractivity contribution in [2.75, 3.05) is 21.3 Å². The summed E-state index contributed by atoms with van der Waals surface area (Å²) in [4.78, 5) is 0. The highest BCUT2D eigenvalue weighted by Gasteiger charge is 2.37. The fraction of sp³-hybridized carbons (Fsp3) is 1.00. The molecule has 0 aromatic rings. The van der Waals surface area contributed by atoms with Gasteiger partial charge in [0, 0.05) is 32.6 Å². The van der Waals surface area contributed by atoms with E-state index in [4.69, 9.17) is 13.3 Å². The second-order valence-corrected chi connectivity index (χ2v) is 7.80. The molecule has 0 aromatic carbocycles. The minimum absolute atomic E-state index is 0.430. The van der Waals surface area contributed by atoms with Crippen LogP contribution in [0.1, 0.15) is 39.0 Å². The van der Waals surface area contributed by atoms with E-state index in [0.717, 1.165) is 12.5 Å². The summed E-state index contributed by atoms with van der Waals surface area (Å²) in [5.74, 6) is 0. The van der Waals surface area contributed by atoms with Crippen LogP contribution in [0, 0.1) is 0 Å². The van der Waals surface area contributed by atoms with E-state index in [1.165, 1.54) is 25.7 Å². The molecule has 0 aromatic heterocycles. The van der Waals surface area contributed by atoms with Crippen LogP contribution < -0.4 is 0 Å². The maximum atomic E-state index is 5.37. The van der Waals surface area contributed by atoms with Crippen LogP contribution in [0.15, 0.2) is 0 Å². The molecule has 5 heteroatoms. The molecule has 1 unspecified atom stereocenters. The normalized spacial score (nSPS) is 14.1. The second kappa shape index (κ2) is 9.47. The van der Waals surface area contributed by atoms with Gasteiger partial charge in [0.05, 0.1) is 0 Å². The van der Waals surface area contributed by atoms with E-state index in [1.807, 2.05) is 0 Å². The van der Waals surface area contributed by atoms with Gasteiger partial charge in [0.15, 0.2) is 0 Å². The Morgan fingerprint density at radius 3 is 2.00 bits per heavy atom. The smallest absolute Gasteiger partial charge is 0.377 e. The maximum absolute atomic E-state index is 5.37. The minimum Gasteiger partial charge on any atom is -0.377 e. The summed E-state index contributed by atoms with van der Waals surface area (Å²) in [6.07, 6.45) is 5.96. The van der Waals surface area contributed by atoms with Gasteiger partial charge in [-0.2, -0.15) is 12.6 Å². The standard InChI is InChI=1S/C11H26O3SSi/c1-5-6-7-8-11(15)9-10-16(12-2,13-3)14-4/h11,15H,5-10H2,1-4H3. The summed E-state index contributed by atoms with van der Waals surface area (Å²) in [7, 11) is 2.59. The first-order valence-electron chi connectivity index (χ1n) is 5.97. The van der Waals surface area contributed by atoms with Gasteiger partial charge in [-0.05, 0) is 12.8 Å². The Bertz CT molecular complexity index is 157. The van der Waals surface area contributed by atoms with Crippen LogP contribution in [-0.4, -0.2) is 35.4 Å². The Hall–Kier alpha value is 0.447. The number of thiol groups is 1. The minimum atomic E-state index is -2.38. The van der Waals surface area contributed by atoms with E-state index in [1.54, 1.807) is 21.3 Å². The van der Waals surface area contributed by atoms with Gasteiger partial charge in [0.2, 0.25) is 0 Å². The molecule has 98 valence electrons. The molecule has 1 atom stereocenters. The molecule has 0 heterocycles. The van der Waals surface area contributed by atoms with Crippen molar-refractivity contribution in [3.05, 3.63) is 0 Å². The lowest BCUT2D eigenvalue weighted by atomic mass is 10.1. The van der Waals surface area contributed by atoms with Crippen LogP contribution in [0.2, 0.25) is 6.04 Å². The third-order valence-corrected chi connectivity index (χ3v) is 6.14. The summed E-state index contributed by atoms with van der Waals surface area (Å²) < 4.78 is 16.1. The first kappa shape index (κ1) is 16.4. The molecule has 0 amide bonds. The molecular weight excluding hydrogens is 240 g/mol. The highest BCUT2D eigenvalue weighted by molar-refractivity contribution is 7.80. The van der Waals surface area contributed by atoms with Crippen molar-refractivity contribution in [1.82, 2.24) is 0 Å². The summed E-state index contributed by atoms with van der Waals surface area (Å²) in [5, 5.41) is 0.430. The lowest BCUT2D eigenvalue weighted by Gasteiger charge is -2.25. The molecule has 0 rings (SSSR count). The first-order valence-corrected chi connectivity index (χ1v) is 8.42. The molecule has 0 fully saturated rings. The zero-order valence-electron chi connectivity index (χ0n) is 11.0. The summed E-state index contributed by atoms with van der Waals surface area (Å²) in [6.45, 7) is 2.21. The van der Waals surface area contributed by atoms with Crippen LogP contribution in [-0.2, 0) is 13.3 Å². The van der Waals surface area contributed by atoms with E-state index in [9.17, 15) is 0 Å². The Morgan fingerprint density at radius 2 is 1.56 bits per heavy atom. The molecule has 3 nitrogen and oxygen atoms in total. The molecule has 0 bridgehead atoms. The zero-order chi connectivity index (χ0) is 12.4. The molecule has 0 saturated carbocycles. The molecule has 0 aliphatic carbocycles. The molecule has 0 saturated heterocycles. The Labute approximate surface area is 107 Å². The van der Waals surface area contributed by atoms with E-state index in [2.05, 4.69) is 19.6 Å². The number of hydrogen-bond donors (Lipinski definition) is 1. The monoisotopic (exact) mass is 266 g/mol. The van der Waals surface area contributed by atoms with Crippen molar-refractivity contribution in [3.8, 4) is 0 Å². The molecule has 16 heavy (non-hydrogen) atoms. The highest BCUT2D eigenvalue weighted by atomic mass is 32.1. The van der Waals surface area contributed by atoms with Crippen molar-refractivity contribution >= 4 is 21.4 Å². The van der Waals surface area contributed by atoms with Gasteiger partial charge in [0.25, 0.3) is 0 Å². The topological polar surface area (TPSA) is 27.7 Å². The van der Waals surface area contributed by atoms with Gasteiger partial charge in [-0.15, -0.1) is 0 Å². The molecule has 0 aliphatic rings. The largest absolute Gasteiger partial charge is 0.500 e. The first-order chi connectivity index (χ1) is 7.64. The van der Waals surface area contributed by atoms with Gasteiger partial charge < -0.3 is 13.3 Å². The van der Waals surface area contributed by atoms with Crippen molar-refractivity contribution in [2.24, 2.45) is 0 Å². The second-order valence-electron chi connectivity index (χ2n) is 3.98.